The summed E-state index contributed by atoms with van der Waals surface area (Å²) in [5.74, 6) is 1.52. The van der Waals surface area contributed by atoms with Gasteiger partial charge in [-0.25, -0.2) is 9.97 Å². The minimum atomic E-state index is 0.510. The van der Waals surface area contributed by atoms with Crippen LogP contribution in [-0.4, -0.2) is 17.1 Å². The molecule has 19 heavy (non-hydrogen) atoms. The van der Waals surface area contributed by atoms with E-state index in [1.165, 1.54) is 0 Å². The minimum absolute atomic E-state index is 0.510. The maximum atomic E-state index is 6.16. The summed E-state index contributed by atoms with van der Waals surface area (Å²) >= 11 is 8.34. The summed E-state index contributed by atoms with van der Waals surface area (Å²) in [5.41, 5.74) is 2.98. The number of aryl methyl sites for hydroxylation is 2. The minimum Gasteiger partial charge on any atom is -0.496 e. The van der Waals surface area contributed by atoms with Crippen LogP contribution in [-0.2, 0) is 6.42 Å². The average Bonchev–Trinajstić information content (AvgIpc) is 2.41. The molecule has 0 saturated carbocycles. The van der Waals surface area contributed by atoms with Crippen molar-refractivity contribution < 1.29 is 4.74 Å². The molecule has 0 N–H and O–H groups in total. The van der Waals surface area contributed by atoms with Crippen molar-refractivity contribution in [2.45, 2.75) is 20.3 Å². The molecule has 0 unspecified atom stereocenters. The van der Waals surface area contributed by atoms with Crippen LogP contribution in [0.3, 0.4) is 0 Å². The topological polar surface area (TPSA) is 35.0 Å². The fraction of sp³-hybridized carbons (Fsp3) is 0.286. The van der Waals surface area contributed by atoms with Gasteiger partial charge in [-0.3, -0.25) is 0 Å². The molecule has 1 heterocycles. The highest BCUT2D eigenvalue weighted by Crippen LogP contribution is 2.27. The van der Waals surface area contributed by atoms with Gasteiger partial charge < -0.3 is 4.74 Å². The van der Waals surface area contributed by atoms with Crippen molar-refractivity contribution in [1.82, 2.24) is 9.97 Å². The van der Waals surface area contributed by atoms with Crippen molar-refractivity contribution in [3.05, 3.63) is 38.2 Å². The van der Waals surface area contributed by atoms with E-state index in [1.807, 2.05) is 25.1 Å². The lowest BCUT2D eigenvalue weighted by Crippen LogP contribution is -2.00. The first kappa shape index (κ1) is 14.5. The number of aromatic nitrogens is 2. The molecule has 0 bridgehead atoms. The molecule has 0 aliphatic rings. The Bertz CT molecular complexity index is 617. The summed E-state index contributed by atoms with van der Waals surface area (Å²) in [6, 6.07) is 5.88. The summed E-state index contributed by atoms with van der Waals surface area (Å²) in [4.78, 5) is 8.93. The van der Waals surface area contributed by atoms with Crippen LogP contribution in [0.5, 0.6) is 5.75 Å². The van der Waals surface area contributed by atoms with Crippen molar-refractivity contribution in [2.24, 2.45) is 0 Å². The van der Waals surface area contributed by atoms with E-state index in [0.29, 0.717) is 11.0 Å². The lowest BCUT2D eigenvalue weighted by molar-refractivity contribution is 0.412. The highest BCUT2D eigenvalue weighted by Gasteiger charge is 2.11. The Hall–Kier alpha value is -0.880. The number of benzene rings is 1. The van der Waals surface area contributed by atoms with Crippen LogP contribution in [0.4, 0.5) is 0 Å². The van der Waals surface area contributed by atoms with E-state index in [1.54, 1.807) is 7.11 Å². The van der Waals surface area contributed by atoms with E-state index in [0.717, 1.165) is 32.6 Å². The number of halogens is 2. The Balaban J connectivity index is 2.53. The number of nitrogens with zero attached hydrogens (tertiary/aromatic N) is 2. The molecule has 0 saturated heterocycles. The smallest absolute Gasteiger partial charge is 0.161 e. The molecule has 1 aromatic carbocycles. The average molecular weight is 389 g/mol. The van der Waals surface area contributed by atoms with Gasteiger partial charge in [-0.2, -0.15) is 0 Å². The van der Waals surface area contributed by atoms with Gasteiger partial charge in [0.05, 0.1) is 16.4 Å². The molecule has 0 atom stereocenters. The zero-order valence-electron chi connectivity index (χ0n) is 11.0. The van der Waals surface area contributed by atoms with Crippen LogP contribution in [0.1, 0.15) is 18.2 Å². The second-order valence-electron chi connectivity index (χ2n) is 4.14. The summed E-state index contributed by atoms with van der Waals surface area (Å²) in [5, 5.41) is 0.510. The van der Waals surface area contributed by atoms with Gasteiger partial charge in [-0.05, 0) is 59.7 Å². The van der Waals surface area contributed by atoms with Gasteiger partial charge in [0.1, 0.15) is 10.9 Å². The van der Waals surface area contributed by atoms with E-state index in [4.69, 9.17) is 16.3 Å². The third-order valence-corrected chi connectivity index (χ3v) is 4.59. The second-order valence-corrected chi connectivity index (χ2v) is 5.57. The SMILES string of the molecule is CCc1nc(-c2ccc(OC)c(C)c2)nc(Cl)c1I. The fourth-order valence-corrected chi connectivity index (χ4v) is 2.66. The number of methoxy groups -OCH3 is 1. The van der Waals surface area contributed by atoms with E-state index in [2.05, 4.69) is 39.5 Å². The molecule has 2 aromatic rings. The molecule has 0 aliphatic heterocycles. The molecule has 0 aliphatic carbocycles. The van der Waals surface area contributed by atoms with Gasteiger partial charge in [-0.15, -0.1) is 0 Å². The Labute approximate surface area is 131 Å². The summed E-state index contributed by atoms with van der Waals surface area (Å²) in [6.45, 7) is 4.06. The van der Waals surface area contributed by atoms with Gasteiger partial charge in [0.15, 0.2) is 5.82 Å². The zero-order valence-corrected chi connectivity index (χ0v) is 13.9. The normalized spacial score (nSPS) is 10.6. The number of ether oxygens (including phenoxy) is 1. The molecule has 5 heteroatoms. The van der Waals surface area contributed by atoms with Crippen molar-refractivity contribution in [1.29, 1.82) is 0 Å². The first-order valence-electron chi connectivity index (χ1n) is 5.93. The molecule has 1 aromatic heterocycles. The highest BCUT2D eigenvalue weighted by atomic mass is 127. The molecule has 3 nitrogen and oxygen atoms in total. The lowest BCUT2D eigenvalue weighted by atomic mass is 10.1. The first-order chi connectivity index (χ1) is 9.06. The Morgan fingerprint density at radius 1 is 1.32 bits per heavy atom. The van der Waals surface area contributed by atoms with Gasteiger partial charge in [0.2, 0.25) is 0 Å². The largest absolute Gasteiger partial charge is 0.496 e. The zero-order chi connectivity index (χ0) is 14.0. The molecule has 0 radical (unpaired) electrons. The van der Waals surface area contributed by atoms with Crippen LogP contribution in [0.25, 0.3) is 11.4 Å². The standard InChI is InChI=1S/C14H14ClIN2O/c1-4-10-12(16)13(15)18-14(17-10)9-5-6-11(19-3)8(2)7-9/h5-7H,4H2,1-3H3. The van der Waals surface area contributed by atoms with Gasteiger partial charge in [0, 0.05) is 5.56 Å². The van der Waals surface area contributed by atoms with Crippen molar-refractivity contribution in [2.75, 3.05) is 7.11 Å². The quantitative estimate of drug-likeness (QED) is 0.581. The summed E-state index contributed by atoms with van der Waals surface area (Å²) in [7, 11) is 1.66. The fourth-order valence-electron chi connectivity index (χ4n) is 1.84. The monoisotopic (exact) mass is 388 g/mol. The first-order valence-corrected chi connectivity index (χ1v) is 7.39. The molecule has 0 fully saturated rings. The Kier molecular flexibility index (Phi) is 4.62. The van der Waals surface area contributed by atoms with Gasteiger partial charge in [-0.1, -0.05) is 18.5 Å². The van der Waals surface area contributed by atoms with Crippen molar-refractivity contribution in [3.8, 4) is 17.1 Å². The van der Waals surface area contributed by atoms with E-state index in [-0.39, 0.29) is 0 Å². The molecule has 0 amide bonds. The Morgan fingerprint density at radius 2 is 2.05 bits per heavy atom. The third kappa shape index (κ3) is 3.00. The number of hydrogen-bond donors (Lipinski definition) is 0. The van der Waals surface area contributed by atoms with Crippen LogP contribution in [0.15, 0.2) is 18.2 Å². The predicted octanol–water partition coefficient (Wildman–Crippen LogP) is 4.28. The summed E-state index contributed by atoms with van der Waals surface area (Å²) in [6.07, 6.45) is 0.836. The highest BCUT2D eigenvalue weighted by molar-refractivity contribution is 14.1. The van der Waals surface area contributed by atoms with E-state index >= 15 is 0 Å². The molecular weight excluding hydrogens is 375 g/mol. The maximum Gasteiger partial charge on any atom is 0.161 e. The van der Waals surface area contributed by atoms with Crippen LogP contribution >= 0.6 is 34.2 Å². The molecular formula is C14H14ClIN2O. The number of hydrogen-bond acceptors (Lipinski definition) is 3. The van der Waals surface area contributed by atoms with Crippen LogP contribution in [0, 0.1) is 10.5 Å². The van der Waals surface area contributed by atoms with Crippen LogP contribution < -0.4 is 4.74 Å². The third-order valence-electron chi connectivity index (χ3n) is 2.87. The lowest BCUT2D eigenvalue weighted by Gasteiger charge is -2.09. The van der Waals surface area contributed by atoms with E-state index < -0.39 is 0 Å². The predicted molar refractivity (Wildman–Crippen MR) is 85.9 cm³/mol. The Morgan fingerprint density at radius 3 is 2.63 bits per heavy atom. The van der Waals surface area contributed by atoms with Gasteiger partial charge in [0.25, 0.3) is 0 Å². The molecule has 2 rings (SSSR count). The van der Waals surface area contributed by atoms with Crippen molar-refractivity contribution >= 4 is 34.2 Å². The van der Waals surface area contributed by atoms with Crippen molar-refractivity contribution in [3.63, 3.8) is 0 Å². The second kappa shape index (κ2) is 6.05. The molecule has 0 spiro atoms. The summed E-state index contributed by atoms with van der Waals surface area (Å²) < 4.78 is 6.18. The molecule has 100 valence electrons. The number of rotatable bonds is 3. The van der Waals surface area contributed by atoms with Gasteiger partial charge >= 0.3 is 0 Å². The van der Waals surface area contributed by atoms with E-state index in [9.17, 15) is 0 Å². The van der Waals surface area contributed by atoms with Crippen LogP contribution in [0.2, 0.25) is 5.15 Å². The maximum absolute atomic E-state index is 6.16.